The Morgan fingerprint density at radius 3 is 2.64 bits per heavy atom. The van der Waals surface area contributed by atoms with Crippen LogP contribution >= 0.6 is 0 Å². The van der Waals surface area contributed by atoms with Crippen molar-refractivity contribution in [3.63, 3.8) is 0 Å². The van der Waals surface area contributed by atoms with Crippen LogP contribution in [0.4, 0.5) is 0 Å². The van der Waals surface area contributed by atoms with Gasteiger partial charge in [0, 0.05) is 25.6 Å². The molecule has 0 aromatic carbocycles. The average molecular weight is 201 g/mol. The molecule has 0 bridgehead atoms. The number of nitrogens with one attached hydrogen (secondary N) is 1. The first-order chi connectivity index (χ1) is 6.77. The number of aliphatic hydroxyl groups excluding tert-OH is 1. The van der Waals surface area contributed by atoms with E-state index < -0.39 is 0 Å². The predicted octanol–water partition coefficient (Wildman–Crippen LogP) is -0.787. The number of carbonyl (C=O) groups is 1. The Morgan fingerprint density at radius 2 is 2.21 bits per heavy atom. The van der Waals surface area contributed by atoms with Crippen LogP contribution in [0.5, 0.6) is 0 Å². The molecule has 0 spiro atoms. The number of hydrogen-bond acceptors (Lipinski definition) is 4. The van der Waals surface area contributed by atoms with E-state index in [0.29, 0.717) is 25.6 Å². The summed E-state index contributed by atoms with van der Waals surface area (Å²) < 4.78 is 0. The number of nitrogens with two attached hydrogens (primary N) is 1. The van der Waals surface area contributed by atoms with Gasteiger partial charge in [0.1, 0.15) is 0 Å². The second kappa shape index (κ2) is 5.95. The van der Waals surface area contributed by atoms with E-state index in [9.17, 15) is 4.79 Å². The Balaban J connectivity index is 2.23. The Kier molecular flexibility index (Phi) is 4.86. The van der Waals surface area contributed by atoms with Gasteiger partial charge in [-0.15, -0.1) is 0 Å². The van der Waals surface area contributed by atoms with Crippen molar-refractivity contribution >= 4 is 5.91 Å². The molecule has 14 heavy (non-hydrogen) atoms. The van der Waals surface area contributed by atoms with Crippen LogP contribution in [0.1, 0.15) is 25.7 Å². The first-order valence-electron chi connectivity index (χ1n) is 5.12. The summed E-state index contributed by atoms with van der Waals surface area (Å²) in [4.78, 5) is 13.1. The molecule has 1 saturated carbocycles. The van der Waals surface area contributed by atoms with Crippen molar-refractivity contribution in [3.8, 4) is 0 Å². The zero-order valence-corrected chi connectivity index (χ0v) is 8.41. The van der Waals surface area contributed by atoms with E-state index in [0.717, 1.165) is 0 Å². The molecule has 0 unspecified atom stereocenters. The van der Waals surface area contributed by atoms with Crippen molar-refractivity contribution in [1.29, 1.82) is 0 Å². The number of hydrazine groups is 1. The highest BCUT2D eigenvalue weighted by atomic mass is 16.3. The van der Waals surface area contributed by atoms with Gasteiger partial charge >= 0.3 is 0 Å². The second-order valence-corrected chi connectivity index (χ2v) is 3.66. The molecule has 1 rings (SSSR count). The van der Waals surface area contributed by atoms with Gasteiger partial charge in [-0.05, 0) is 12.8 Å². The van der Waals surface area contributed by atoms with Gasteiger partial charge in [0.25, 0.3) is 0 Å². The number of carbonyl (C=O) groups excluding carboxylic acids is 1. The van der Waals surface area contributed by atoms with E-state index in [-0.39, 0.29) is 12.5 Å². The van der Waals surface area contributed by atoms with Crippen LogP contribution in [0, 0.1) is 0 Å². The molecule has 5 heteroatoms. The molecule has 1 fully saturated rings. The van der Waals surface area contributed by atoms with Crippen molar-refractivity contribution in [2.24, 2.45) is 5.84 Å². The average Bonchev–Trinajstić information content (AvgIpc) is 2.11. The molecule has 1 amide bonds. The van der Waals surface area contributed by atoms with E-state index in [2.05, 4.69) is 10.3 Å². The van der Waals surface area contributed by atoms with Gasteiger partial charge in [0.05, 0.1) is 6.61 Å². The van der Waals surface area contributed by atoms with Crippen LogP contribution in [0.25, 0.3) is 0 Å². The van der Waals surface area contributed by atoms with Crippen LogP contribution < -0.4 is 11.3 Å². The van der Waals surface area contributed by atoms with E-state index in [1.807, 2.05) is 0 Å². The van der Waals surface area contributed by atoms with Crippen LogP contribution in [-0.4, -0.2) is 41.7 Å². The number of hydrogen-bond donors (Lipinski definition) is 3. The van der Waals surface area contributed by atoms with Crippen molar-refractivity contribution in [3.05, 3.63) is 0 Å². The SMILES string of the molecule is NNC(=O)CCN(CCO)C1CCC1. The molecule has 0 radical (unpaired) electrons. The van der Waals surface area contributed by atoms with E-state index in [1.165, 1.54) is 19.3 Å². The highest BCUT2D eigenvalue weighted by molar-refractivity contribution is 5.75. The lowest BCUT2D eigenvalue weighted by Crippen LogP contribution is -2.44. The standard InChI is InChI=1S/C9H19N3O2/c10-11-9(14)4-5-12(6-7-13)8-2-1-3-8/h8,13H,1-7,10H2,(H,11,14). The van der Waals surface area contributed by atoms with Gasteiger partial charge < -0.3 is 5.11 Å². The van der Waals surface area contributed by atoms with E-state index >= 15 is 0 Å². The molecule has 5 nitrogen and oxygen atoms in total. The summed E-state index contributed by atoms with van der Waals surface area (Å²) in [5, 5.41) is 8.86. The van der Waals surface area contributed by atoms with Crippen molar-refractivity contribution in [1.82, 2.24) is 10.3 Å². The Hall–Kier alpha value is -0.650. The molecule has 82 valence electrons. The minimum atomic E-state index is -0.146. The molecule has 0 aliphatic heterocycles. The van der Waals surface area contributed by atoms with Crippen molar-refractivity contribution in [2.75, 3.05) is 19.7 Å². The molecule has 1 aliphatic rings. The molecule has 0 aromatic rings. The maximum absolute atomic E-state index is 10.9. The minimum Gasteiger partial charge on any atom is -0.395 e. The maximum atomic E-state index is 10.9. The normalized spacial score (nSPS) is 16.8. The maximum Gasteiger partial charge on any atom is 0.235 e. The number of nitrogens with zero attached hydrogens (tertiary/aromatic N) is 1. The first kappa shape index (κ1) is 11.4. The van der Waals surface area contributed by atoms with E-state index in [1.54, 1.807) is 0 Å². The Bertz CT molecular complexity index is 183. The smallest absolute Gasteiger partial charge is 0.235 e. The zero-order chi connectivity index (χ0) is 10.4. The lowest BCUT2D eigenvalue weighted by Gasteiger charge is -2.37. The third-order valence-corrected chi connectivity index (χ3v) is 2.77. The largest absolute Gasteiger partial charge is 0.395 e. The first-order valence-corrected chi connectivity index (χ1v) is 5.12. The number of rotatable bonds is 6. The summed E-state index contributed by atoms with van der Waals surface area (Å²) in [6, 6.07) is 0.563. The number of amides is 1. The third-order valence-electron chi connectivity index (χ3n) is 2.77. The highest BCUT2D eigenvalue weighted by Crippen LogP contribution is 2.24. The lowest BCUT2D eigenvalue weighted by molar-refractivity contribution is -0.121. The summed E-state index contributed by atoms with van der Waals surface area (Å²) in [5.74, 6) is 4.84. The zero-order valence-electron chi connectivity index (χ0n) is 8.41. The molecule has 4 N–H and O–H groups in total. The molecule has 0 aromatic heterocycles. The topological polar surface area (TPSA) is 78.6 Å². The summed E-state index contributed by atoms with van der Waals surface area (Å²) in [7, 11) is 0. The number of aliphatic hydroxyl groups is 1. The van der Waals surface area contributed by atoms with Crippen LogP contribution in [0.15, 0.2) is 0 Å². The fourth-order valence-corrected chi connectivity index (χ4v) is 1.67. The highest BCUT2D eigenvalue weighted by Gasteiger charge is 2.24. The van der Waals surface area contributed by atoms with Gasteiger partial charge in [-0.25, -0.2) is 5.84 Å². The van der Waals surface area contributed by atoms with E-state index in [4.69, 9.17) is 10.9 Å². The Morgan fingerprint density at radius 1 is 1.50 bits per heavy atom. The molecule has 1 aliphatic carbocycles. The van der Waals surface area contributed by atoms with Crippen LogP contribution in [0.2, 0.25) is 0 Å². The monoisotopic (exact) mass is 201 g/mol. The third kappa shape index (κ3) is 3.25. The minimum absolute atomic E-state index is 0.146. The molecular weight excluding hydrogens is 182 g/mol. The molecule has 0 heterocycles. The summed E-state index contributed by atoms with van der Waals surface area (Å²) in [6.45, 7) is 1.50. The van der Waals surface area contributed by atoms with Gasteiger partial charge in [-0.3, -0.25) is 15.1 Å². The summed E-state index contributed by atoms with van der Waals surface area (Å²) in [5.41, 5.74) is 2.11. The fraction of sp³-hybridized carbons (Fsp3) is 0.889. The summed E-state index contributed by atoms with van der Waals surface area (Å²) in [6.07, 6.45) is 4.04. The Labute approximate surface area is 84.2 Å². The fourth-order valence-electron chi connectivity index (χ4n) is 1.67. The lowest BCUT2D eigenvalue weighted by atomic mass is 9.91. The van der Waals surface area contributed by atoms with Crippen LogP contribution in [0.3, 0.4) is 0 Å². The van der Waals surface area contributed by atoms with Crippen LogP contribution in [-0.2, 0) is 4.79 Å². The van der Waals surface area contributed by atoms with Crippen molar-refractivity contribution in [2.45, 2.75) is 31.7 Å². The van der Waals surface area contributed by atoms with Crippen molar-refractivity contribution < 1.29 is 9.90 Å². The molecular formula is C9H19N3O2. The second-order valence-electron chi connectivity index (χ2n) is 3.66. The van der Waals surface area contributed by atoms with Gasteiger partial charge in [0.2, 0.25) is 5.91 Å². The predicted molar refractivity (Wildman–Crippen MR) is 53.2 cm³/mol. The quantitative estimate of drug-likeness (QED) is 0.299. The van der Waals surface area contributed by atoms with Gasteiger partial charge in [-0.2, -0.15) is 0 Å². The van der Waals surface area contributed by atoms with Gasteiger partial charge in [0.15, 0.2) is 0 Å². The summed E-state index contributed by atoms with van der Waals surface area (Å²) >= 11 is 0. The molecule has 0 saturated heterocycles. The van der Waals surface area contributed by atoms with Gasteiger partial charge in [-0.1, -0.05) is 6.42 Å². The molecule has 0 atom stereocenters.